The number of phenolic OH excluding ortho intramolecular Hbond substituents is 1. The maximum Gasteiger partial charge on any atom is 0.248 e. The van der Waals surface area contributed by atoms with Crippen molar-refractivity contribution < 1.29 is 18.6 Å². The Balaban J connectivity index is 1.43. The summed E-state index contributed by atoms with van der Waals surface area (Å²) in [5.74, 6) is -0.0512. The Kier molecular flexibility index (Phi) is 7.45. The van der Waals surface area contributed by atoms with Crippen molar-refractivity contribution in [2.24, 2.45) is 0 Å². The standard InChI is InChI=1S/C22H27N3O5S/c1-15-4-6-16(7-5-15)31(29,30)24-13-3-2-12-23-14-20(27)17-8-10-19(26)22-18(17)9-11-21(28)25-22/h4-11,20,23-24,26-27H,2-3,12-14H2,1H3,(H,25,28)/t20-/m0/s1. The largest absolute Gasteiger partial charge is 0.506 e. The molecule has 0 aliphatic heterocycles. The lowest BCUT2D eigenvalue weighted by molar-refractivity contribution is 0.176. The number of aromatic amines is 1. The molecule has 0 radical (unpaired) electrons. The fourth-order valence-corrected chi connectivity index (χ4v) is 4.35. The van der Waals surface area contributed by atoms with E-state index in [4.69, 9.17) is 0 Å². The van der Waals surface area contributed by atoms with Crippen LogP contribution in [0.2, 0.25) is 0 Å². The average Bonchev–Trinajstić information content (AvgIpc) is 2.74. The van der Waals surface area contributed by atoms with Gasteiger partial charge in [-0.1, -0.05) is 23.8 Å². The van der Waals surface area contributed by atoms with Gasteiger partial charge in [0.15, 0.2) is 0 Å². The van der Waals surface area contributed by atoms with Gasteiger partial charge in [0.2, 0.25) is 15.6 Å². The summed E-state index contributed by atoms with van der Waals surface area (Å²) >= 11 is 0. The third-order valence-electron chi connectivity index (χ3n) is 5.01. The van der Waals surface area contributed by atoms with E-state index in [-0.39, 0.29) is 22.7 Å². The van der Waals surface area contributed by atoms with Gasteiger partial charge in [0.05, 0.1) is 16.5 Å². The molecule has 1 atom stereocenters. The molecule has 0 bridgehead atoms. The Morgan fingerprint density at radius 2 is 1.71 bits per heavy atom. The van der Waals surface area contributed by atoms with E-state index >= 15 is 0 Å². The first-order valence-corrected chi connectivity index (χ1v) is 11.6. The number of fused-ring (bicyclic) bond motifs is 1. The van der Waals surface area contributed by atoms with Crippen molar-refractivity contribution >= 4 is 20.9 Å². The Labute approximate surface area is 181 Å². The number of pyridine rings is 1. The number of hydrogen-bond donors (Lipinski definition) is 5. The minimum absolute atomic E-state index is 0.0512. The van der Waals surface area contributed by atoms with Crippen molar-refractivity contribution in [1.29, 1.82) is 0 Å². The van der Waals surface area contributed by atoms with Crippen LogP contribution in [0.25, 0.3) is 10.9 Å². The summed E-state index contributed by atoms with van der Waals surface area (Å²) in [6.07, 6.45) is 0.554. The van der Waals surface area contributed by atoms with E-state index in [0.29, 0.717) is 36.0 Å². The van der Waals surface area contributed by atoms with E-state index in [2.05, 4.69) is 15.0 Å². The van der Waals surface area contributed by atoms with Crippen LogP contribution in [0.15, 0.2) is 58.2 Å². The molecule has 1 heterocycles. The minimum atomic E-state index is -3.50. The highest BCUT2D eigenvalue weighted by Crippen LogP contribution is 2.28. The molecule has 2 aromatic carbocycles. The van der Waals surface area contributed by atoms with Gasteiger partial charge >= 0.3 is 0 Å². The molecule has 0 aliphatic rings. The number of hydrogen-bond acceptors (Lipinski definition) is 6. The summed E-state index contributed by atoms with van der Waals surface area (Å²) in [7, 11) is -3.50. The molecule has 8 nitrogen and oxygen atoms in total. The molecule has 0 amide bonds. The van der Waals surface area contributed by atoms with E-state index in [1.807, 2.05) is 6.92 Å². The monoisotopic (exact) mass is 445 g/mol. The highest BCUT2D eigenvalue weighted by atomic mass is 32.2. The molecule has 9 heteroatoms. The van der Waals surface area contributed by atoms with Gasteiger partial charge in [0.25, 0.3) is 0 Å². The molecule has 0 fully saturated rings. The lowest BCUT2D eigenvalue weighted by atomic mass is 10.0. The smallest absolute Gasteiger partial charge is 0.248 e. The lowest BCUT2D eigenvalue weighted by Crippen LogP contribution is -2.26. The number of H-pyrrole nitrogens is 1. The molecule has 166 valence electrons. The zero-order chi connectivity index (χ0) is 22.4. The van der Waals surface area contributed by atoms with Crippen molar-refractivity contribution in [1.82, 2.24) is 15.0 Å². The molecule has 3 aromatic rings. The number of benzene rings is 2. The number of aromatic nitrogens is 1. The zero-order valence-corrected chi connectivity index (χ0v) is 18.1. The molecular weight excluding hydrogens is 418 g/mol. The average molecular weight is 446 g/mol. The van der Waals surface area contributed by atoms with Gasteiger partial charge in [-0.15, -0.1) is 0 Å². The molecule has 5 N–H and O–H groups in total. The van der Waals surface area contributed by atoms with E-state index < -0.39 is 16.1 Å². The van der Waals surface area contributed by atoms with Crippen LogP contribution in [0.4, 0.5) is 0 Å². The number of nitrogens with one attached hydrogen (secondary N) is 3. The molecular formula is C22H27N3O5S. The van der Waals surface area contributed by atoms with Crippen LogP contribution in [0.3, 0.4) is 0 Å². The highest BCUT2D eigenvalue weighted by molar-refractivity contribution is 7.89. The number of aromatic hydroxyl groups is 1. The Bertz CT molecular complexity index is 1190. The molecule has 0 saturated heterocycles. The van der Waals surface area contributed by atoms with Crippen LogP contribution in [-0.2, 0) is 10.0 Å². The first-order chi connectivity index (χ1) is 14.8. The third-order valence-corrected chi connectivity index (χ3v) is 6.48. The van der Waals surface area contributed by atoms with Gasteiger partial charge in [0, 0.05) is 24.5 Å². The van der Waals surface area contributed by atoms with E-state index in [1.54, 1.807) is 36.4 Å². The van der Waals surface area contributed by atoms with Gasteiger partial charge in [0.1, 0.15) is 5.75 Å². The summed E-state index contributed by atoms with van der Waals surface area (Å²) in [6, 6.07) is 12.7. The SMILES string of the molecule is Cc1ccc(S(=O)(=O)NCCCCNC[C@H](O)c2ccc(O)c3[nH]c(=O)ccc23)cc1. The van der Waals surface area contributed by atoms with Crippen LogP contribution < -0.4 is 15.6 Å². The van der Waals surface area contributed by atoms with E-state index in [0.717, 1.165) is 12.0 Å². The number of rotatable bonds is 10. The van der Waals surface area contributed by atoms with Gasteiger partial charge in [-0.3, -0.25) is 4.79 Å². The summed E-state index contributed by atoms with van der Waals surface area (Å²) in [6.45, 7) is 3.12. The molecule has 1 aromatic heterocycles. The topological polar surface area (TPSA) is 132 Å². The van der Waals surface area contributed by atoms with Crippen LogP contribution in [0, 0.1) is 6.92 Å². The van der Waals surface area contributed by atoms with Gasteiger partial charge in [-0.2, -0.15) is 0 Å². The number of aliphatic hydroxyl groups excluding tert-OH is 1. The molecule has 0 unspecified atom stereocenters. The summed E-state index contributed by atoms with van der Waals surface area (Å²) in [5.41, 5.74) is 1.57. The maximum atomic E-state index is 12.2. The second kappa shape index (κ2) is 10.1. The first kappa shape index (κ1) is 23.0. The Hall–Kier alpha value is -2.72. The molecule has 0 aliphatic carbocycles. The number of aliphatic hydroxyl groups is 1. The number of unbranched alkanes of at least 4 members (excludes halogenated alkanes) is 1. The zero-order valence-electron chi connectivity index (χ0n) is 17.3. The second-order valence-electron chi connectivity index (χ2n) is 7.42. The van der Waals surface area contributed by atoms with Gasteiger partial charge in [-0.25, -0.2) is 13.1 Å². The van der Waals surface area contributed by atoms with Crippen molar-refractivity contribution in [3.63, 3.8) is 0 Å². The van der Waals surface area contributed by atoms with Crippen molar-refractivity contribution in [2.45, 2.75) is 30.8 Å². The quantitative estimate of drug-likeness (QED) is 0.303. The molecule has 31 heavy (non-hydrogen) atoms. The summed E-state index contributed by atoms with van der Waals surface area (Å²) < 4.78 is 27.1. The van der Waals surface area contributed by atoms with E-state index in [9.17, 15) is 23.4 Å². The van der Waals surface area contributed by atoms with Crippen LogP contribution in [0.5, 0.6) is 5.75 Å². The first-order valence-electron chi connectivity index (χ1n) is 10.1. The molecule has 0 saturated carbocycles. The van der Waals surface area contributed by atoms with Crippen molar-refractivity contribution in [3.8, 4) is 5.75 Å². The maximum absolute atomic E-state index is 12.2. The fraction of sp³-hybridized carbons (Fsp3) is 0.318. The fourth-order valence-electron chi connectivity index (χ4n) is 3.28. The number of aryl methyl sites for hydroxylation is 1. The predicted molar refractivity (Wildman–Crippen MR) is 120 cm³/mol. The Morgan fingerprint density at radius 1 is 1.00 bits per heavy atom. The third kappa shape index (κ3) is 5.92. The minimum Gasteiger partial charge on any atom is -0.506 e. The normalized spacial score (nSPS) is 12.8. The van der Waals surface area contributed by atoms with E-state index in [1.165, 1.54) is 12.1 Å². The second-order valence-corrected chi connectivity index (χ2v) is 9.19. The predicted octanol–water partition coefficient (Wildman–Crippen LogP) is 1.92. The lowest BCUT2D eigenvalue weighted by Gasteiger charge is -2.15. The highest BCUT2D eigenvalue weighted by Gasteiger charge is 2.14. The number of sulfonamides is 1. The van der Waals surface area contributed by atoms with Crippen molar-refractivity contribution in [3.05, 3.63) is 70.0 Å². The van der Waals surface area contributed by atoms with Crippen molar-refractivity contribution in [2.75, 3.05) is 19.6 Å². The van der Waals surface area contributed by atoms with Crippen LogP contribution in [-0.4, -0.2) is 43.2 Å². The molecule has 3 rings (SSSR count). The van der Waals surface area contributed by atoms with Crippen LogP contribution in [0.1, 0.15) is 30.1 Å². The number of phenols is 1. The van der Waals surface area contributed by atoms with Gasteiger partial charge < -0.3 is 20.5 Å². The Morgan fingerprint density at radius 3 is 2.45 bits per heavy atom. The summed E-state index contributed by atoms with van der Waals surface area (Å²) in [4.78, 5) is 14.3. The molecule has 0 spiro atoms. The summed E-state index contributed by atoms with van der Waals surface area (Å²) in [5, 5.41) is 24.2. The van der Waals surface area contributed by atoms with Gasteiger partial charge in [-0.05, 0) is 56.1 Å². The van der Waals surface area contributed by atoms with Crippen LogP contribution >= 0.6 is 0 Å².